The molecular weight excluding hydrogens is 519 g/mol. The lowest BCUT2D eigenvalue weighted by Crippen LogP contribution is -2.15. The Labute approximate surface area is 212 Å². The van der Waals surface area contributed by atoms with Crippen LogP contribution in [0, 0.1) is 0 Å². The van der Waals surface area contributed by atoms with Crippen LogP contribution in [0.25, 0.3) is 0 Å². The van der Waals surface area contributed by atoms with Crippen molar-refractivity contribution in [3.05, 3.63) is 76.3 Å². The fourth-order valence-corrected chi connectivity index (χ4v) is 5.55. The zero-order chi connectivity index (χ0) is 24.7. The Morgan fingerprint density at radius 1 is 0.971 bits per heavy atom. The predicted molar refractivity (Wildman–Crippen MR) is 138 cm³/mol. The smallest absolute Gasteiger partial charge is 0.262 e. The van der Waals surface area contributed by atoms with E-state index in [0.29, 0.717) is 33.0 Å². The van der Waals surface area contributed by atoms with Gasteiger partial charge in [0.25, 0.3) is 10.0 Å². The van der Waals surface area contributed by atoms with E-state index < -0.39 is 10.0 Å². The highest BCUT2D eigenvalue weighted by Gasteiger charge is 2.17. The van der Waals surface area contributed by atoms with Crippen LogP contribution in [0.4, 0.5) is 11.4 Å². The van der Waals surface area contributed by atoms with Crippen molar-refractivity contribution in [1.82, 2.24) is 0 Å². The third-order valence-electron chi connectivity index (χ3n) is 4.64. The minimum Gasteiger partial charge on any atom is -0.497 e. The number of benzene rings is 3. The van der Waals surface area contributed by atoms with Gasteiger partial charge in [0, 0.05) is 27.6 Å². The molecule has 7 nitrogen and oxygen atoms in total. The number of carbonyl (C=O) groups is 1. The van der Waals surface area contributed by atoms with Crippen LogP contribution in [0.15, 0.2) is 65.6 Å². The van der Waals surface area contributed by atoms with E-state index in [1.165, 1.54) is 56.3 Å². The van der Waals surface area contributed by atoms with Gasteiger partial charge in [-0.2, -0.15) is 0 Å². The van der Waals surface area contributed by atoms with E-state index >= 15 is 0 Å². The minimum atomic E-state index is -3.90. The molecule has 0 atom stereocenters. The van der Waals surface area contributed by atoms with Gasteiger partial charge in [-0.15, -0.1) is 11.8 Å². The molecule has 2 N–H and O–H groups in total. The Balaban J connectivity index is 1.60. The van der Waals surface area contributed by atoms with Crippen LogP contribution in [0.2, 0.25) is 10.0 Å². The van der Waals surface area contributed by atoms with Gasteiger partial charge in [0.15, 0.2) is 0 Å². The van der Waals surface area contributed by atoms with Crippen molar-refractivity contribution in [3.8, 4) is 11.5 Å². The number of amides is 1. The van der Waals surface area contributed by atoms with Gasteiger partial charge in [-0.25, -0.2) is 8.42 Å². The molecule has 0 aromatic heterocycles. The summed E-state index contributed by atoms with van der Waals surface area (Å²) in [5.74, 6) is 1.26. The number of carbonyl (C=O) groups excluding carboxylic acids is 1. The third kappa shape index (κ3) is 6.73. The molecule has 3 aromatic carbocycles. The number of hydrogen-bond acceptors (Lipinski definition) is 6. The average molecular weight is 541 g/mol. The number of anilines is 2. The number of halogens is 2. The summed E-state index contributed by atoms with van der Waals surface area (Å²) in [6.45, 7) is 0. The van der Waals surface area contributed by atoms with Crippen LogP contribution in [0.1, 0.15) is 5.56 Å². The monoisotopic (exact) mass is 540 g/mol. The Kier molecular flexibility index (Phi) is 8.96. The highest BCUT2D eigenvalue weighted by molar-refractivity contribution is 7.99. The molecule has 0 fully saturated rings. The van der Waals surface area contributed by atoms with Crippen LogP contribution < -0.4 is 19.5 Å². The largest absolute Gasteiger partial charge is 0.497 e. The Hall–Kier alpha value is -2.59. The molecular formula is C23H22Cl2N2O5S2. The van der Waals surface area contributed by atoms with E-state index in [1.54, 1.807) is 30.3 Å². The first-order valence-corrected chi connectivity index (χ1v) is 13.3. The first-order valence-electron chi connectivity index (χ1n) is 9.89. The van der Waals surface area contributed by atoms with E-state index in [9.17, 15) is 13.2 Å². The van der Waals surface area contributed by atoms with Crippen molar-refractivity contribution in [1.29, 1.82) is 0 Å². The molecule has 0 saturated carbocycles. The molecule has 1 amide bonds. The quantitative estimate of drug-likeness (QED) is 0.343. The van der Waals surface area contributed by atoms with Crippen molar-refractivity contribution >= 4 is 62.3 Å². The lowest BCUT2D eigenvalue weighted by atomic mass is 10.2. The lowest BCUT2D eigenvalue weighted by Gasteiger charge is -2.13. The molecule has 0 aliphatic carbocycles. The van der Waals surface area contributed by atoms with Crippen molar-refractivity contribution < 1.29 is 22.7 Å². The predicted octanol–water partition coefficient (Wildman–Crippen LogP) is 5.68. The first kappa shape index (κ1) is 26.0. The molecule has 0 saturated heterocycles. The van der Waals surface area contributed by atoms with Gasteiger partial charge in [-0.05, 0) is 54.1 Å². The van der Waals surface area contributed by atoms with Crippen LogP contribution in [-0.2, 0) is 20.6 Å². The minimum absolute atomic E-state index is 0.0260. The van der Waals surface area contributed by atoms with Crippen LogP contribution >= 0.6 is 35.0 Å². The lowest BCUT2D eigenvalue weighted by molar-refractivity contribution is -0.113. The van der Waals surface area contributed by atoms with Crippen LogP contribution in [-0.4, -0.2) is 34.3 Å². The first-order chi connectivity index (χ1) is 16.2. The topological polar surface area (TPSA) is 93.7 Å². The van der Waals surface area contributed by atoms with Gasteiger partial charge in [0.05, 0.1) is 30.6 Å². The number of ether oxygens (including phenoxy) is 2. The van der Waals surface area contributed by atoms with Crippen molar-refractivity contribution in [3.63, 3.8) is 0 Å². The summed E-state index contributed by atoms with van der Waals surface area (Å²) < 4.78 is 38.5. The van der Waals surface area contributed by atoms with Gasteiger partial charge < -0.3 is 14.8 Å². The Bertz CT molecular complexity index is 1250. The van der Waals surface area contributed by atoms with Gasteiger partial charge in [-0.3, -0.25) is 9.52 Å². The maximum absolute atomic E-state index is 12.8. The number of sulfonamides is 1. The van der Waals surface area contributed by atoms with Gasteiger partial charge in [-0.1, -0.05) is 29.3 Å². The third-order valence-corrected chi connectivity index (χ3v) is 7.69. The highest BCUT2D eigenvalue weighted by atomic mass is 35.5. The number of thioether (sulfide) groups is 1. The molecule has 3 aromatic rings. The van der Waals surface area contributed by atoms with E-state index in [4.69, 9.17) is 32.7 Å². The SMILES string of the molecule is COc1ccc(OC)c(NS(=O)(=O)c2ccc(NC(=O)CSCc3c(Cl)cccc3Cl)cc2)c1. The van der Waals surface area contributed by atoms with Gasteiger partial charge in [0.2, 0.25) is 5.91 Å². The van der Waals surface area contributed by atoms with E-state index in [0.717, 1.165) is 5.56 Å². The maximum Gasteiger partial charge on any atom is 0.262 e. The average Bonchev–Trinajstić information content (AvgIpc) is 2.81. The fraction of sp³-hybridized carbons (Fsp3) is 0.174. The Morgan fingerprint density at radius 2 is 1.65 bits per heavy atom. The fourth-order valence-electron chi connectivity index (χ4n) is 2.93. The second kappa shape index (κ2) is 11.7. The summed E-state index contributed by atoms with van der Waals surface area (Å²) in [4.78, 5) is 12.3. The van der Waals surface area contributed by atoms with E-state index in [1.807, 2.05) is 0 Å². The summed E-state index contributed by atoms with van der Waals surface area (Å²) in [6.07, 6.45) is 0. The summed E-state index contributed by atoms with van der Waals surface area (Å²) >= 11 is 13.7. The van der Waals surface area contributed by atoms with Crippen molar-refractivity contribution in [2.45, 2.75) is 10.6 Å². The molecule has 0 radical (unpaired) electrons. The molecule has 0 heterocycles. The van der Waals surface area contributed by atoms with Gasteiger partial charge >= 0.3 is 0 Å². The highest BCUT2D eigenvalue weighted by Crippen LogP contribution is 2.31. The molecule has 0 aliphatic rings. The molecule has 180 valence electrons. The molecule has 0 aliphatic heterocycles. The molecule has 11 heteroatoms. The molecule has 0 bridgehead atoms. The number of methoxy groups -OCH3 is 2. The normalized spacial score (nSPS) is 11.1. The number of rotatable bonds is 10. The molecule has 3 rings (SSSR count). The summed E-state index contributed by atoms with van der Waals surface area (Å²) in [6, 6.07) is 15.9. The molecule has 0 unspecified atom stereocenters. The van der Waals surface area contributed by atoms with Gasteiger partial charge in [0.1, 0.15) is 11.5 Å². The van der Waals surface area contributed by atoms with Crippen LogP contribution in [0.5, 0.6) is 11.5 Å². The summed E-state index contributed by atoms with van der Waals surface area (Å²) in [5, 5.41) is 3.85. The van der Waals surface area contributed by atoms with E-state index in [2.05, 4.69) is 10.0 Å². The molecule has 0 spiro atoms. The van der Waals surface area contributed by atoms with Crippen LogP contribution in [0.3, 0.4) is 0 Å². The molecule has 34 heavy (non-hydrogen) atoms. The Morgan fingerprint density at radius 3 is 2.26 bits per heavy atom. The number of hydrogen-bond donors (Lipinski definition) is 2. The summed E-state index contributed by atoms with van der Waals surface area (Å²) in [5.41, 5.74) is 1.49. The second-order valence-corrected chi connectivity index (χ2v) is 10.4. The van der Waals surface area contributed by atoms with Crippen molar-refractivity contribution in [2.75, 3.05) is 30.0 Å². The standard InChI is InChI=1S/C23H22Cl2N2O5S2/c1-31-16-8-11-22(32-2)21(12-16)27-34(29,30)17-9-6-15(7-10-17)26-23(28)14-33-13-18-19(24)4-3-5-20(18)25/h3-12,27H,13-14H2,1-2H3,(H,26,28). The van der Waals surface area contributed by atoms with Crippen molar-refractivity contribution in [2.24, 2.45) is 0 Å². The van der Waals surface area contributed by atoms with E-state index in [-0.39, 0.29) is 22.2 Å². The number of nitrogens with one attached hydrogen (secondary N) is 2. The second-order valence-electron chi connectivity index (χ2n) is 6.94. The zero-order valence-electron chi connectivity index (χ0n) is 18.3. The maximum atomic E-state index is 12.8. The zero-order valence-corrected chi connectivity index (χ0v) is 21.4. The summed E-state index contributed by atoms with van der Waals surface area (Å²) in [7, 11) is -0.970.